The number of aryl methyl sites for hydroxylation is 1. The van der Waals surface area contributed by atoms with Crippen LogP contribution in [-0.2, 0) is 16.4 Å². The SMILES string of the molecule is Cc1nc(NC2CCS(=O)(=O)C2)cc(C(=O)N(C)Cc2ccccc2)n1. The molecule has 2 aromatic rings. The fourth-order valence-electron chi connectivity index (χ4n) is 2.99. The third kappa shape index (κ3) is 4.57. The van der Waals surface area contributed by atoms with Gasteiger partial charge in [-0.05, 0) is 18.9 Å². The third-order valence-electron chi connectivity index (χ3n) is 4.25. The fourth-order valence-corrected chi connectivity index (χ4v) is 4.67. The molecule has 1 aromatic heterocycles. The van der Waals surface area contributed by atoms with E-state index in [2.05, 4.69) is 15.3 Å². The number of amides is 1. The molecule has 138 valence electrons. The molecule has 0 saturated carbocycles. The summed E-state index contributed by atoms with van der Waals surface area (Å²) in [5.41, 5.74) is 1.32. The normalized spacial score (nSPS) is 18.5. The fraction of sp³-hybridized carbons (Fsp3) is 0.389. The van der Waals surface area contributed by atoms with Gasteiger partial charge in [0.05, 0.1) is 11.5 Å². The Morgan fingerprint density at radius 2 is 2.00 bits per heavy atom. The van der Waals surface area contributed by atoms with E-state index in [9.17, 15) is 13.2 Å². The van der Waals surface area contributed by atoms with Crippen LogP contribution in [0.4, 0.5) is 5.82 Å². The molecule has 0 spiro atoms. The molecule has 2 heterocycles. The second kappa shape index (κ2) is 7.41. The Kier molecular flexibility index (Phi) is 5.22. The Bertz CT molecular complexity index is 900. The van der Waals surface area contributed by atoms with Crippen LogP contribution in [0.5, 0.6) is 0 Å². The van der Waals surface area contributed by atoms with Gasteiger partial charge in [0.25, 0.3) is 5.91 Å². The molecule has 1 amide bonds. The standard InChI is InChI=1S/C18H22N4O3S/c1-13-19-16(18(23)22(2)11-14-6-4-3-5-7-14)10-17(20-13)21-15-8-9-26(24,25)12-15/h3-7,10,15H,8-9,11-12H2,1-2H3,(H,19,20,21). The van der Waals surface area contributed by atoms with Gasteiger partial charge >= 0.3 is 0 Å². The molecule has 1 aliphatic rings. The third-order valence-corrected chi connectivity index (χ3v) is 6.02. The van der Waals surface area contributed by atoms with E-state index in [-0.39, 0.29) is 23.5 Å². The predicted octanol–water partition coefficient (Wildman–Crippen LogP) is 1.66. The Balaban J connectivity index is 1.73. The molecule has 0 aliphatic carbocycles. The molecule has 0 radical (unpaired) electrons. The molecular weight excluding hydrogens is 352 g/mol. The molecule has 7 nitrogen and oxygen atoms in total. The molecule has 3 rings (SSSR count). The van der Waals surface area contributed by atoms with Crippen molar-refractivity contribution < 1.29 is 13.2 Å². The maximum Gasteiger partial charge on any atom is 0.272 e. The first-order valence-electron chi connectivity index (χ1n) is 8.44. The van der Waals surface area contributed by atoms with Crippen LogP contribution in [0, 0.1) is 6.92 Å². The van der Waals surface area contributed by atoms with Crippen LogP contribution >= 0.6 is 0 Å². The van der Waals surface area contributed by atoms with Crippen LogP contribution in [0.3, 0.4) is 0 Å². The lowest BCUT2D eigenvalue weighted by atomic mass is 10.2. The molecule has 1 N–H and O–H groups in total. The molecule has 1 saturated heterocycles. The van der Waals surface area contributed by atoms with Crippen molar-refractivity contribution in [1.82, 2.24) is 14.9 Å². The van der Waals surface area contributed by atoms with Crippen molar-refractivity contribution >= 4 is 21.6 Å². The summed E-state index contributed by atoms with van der Waals surface area (Å²) in [6.07, 6.45) is 0.544. The summed E-state index contributed by atoms with van der Waals surface area (Å²) in [6, 6.07) is 11.1. The largest absolute Gasteiger partial charge is 0.366 e. The molecule has 1 aliphatic heterocycles. The van der Waals surface area contributed by atoms with Crippen LogP contribution in [0.2, 0.25) is 0 Å². The number of benzene rings is 1. The van der Waals surface area contributed by atoms with Crippen LogP contribution in [0.1, 0.15) is 28.3 Å². The van der Waals surface area contributed by atoms with Gasteiger partial charge in [-0.2, -0.15) is 0 Å². The van der Waals surface area contributed by atoms with Crippen molar-refractivity contribution in [3.05, 3.63) is 53.5 Å². The Labute approximate surface area is 153 Å². The number of sulfone groups is 1. The zero-order valence-electron chi connectivity index (χ0n) is 14.8. The van der Waals surface area contributed by atoms with Crippen LogP contribution in [0.15, 0.2) is 36.4 Å². The van der Waals surface area contributed by atoms with Crippen molar-refractivity contribution in [1.29, 1.82) is 0 Å². The number of hydrogen-bond donors (Lipinski definition) is 1. The summed E-state index contributed by atoms with van der Waals surface area (Å²) in [5, 5.41) is 3.12. The first-order valence-corrected chi connectivity index (χ1v) is 10.3. The number of nitrogens with zero attached hydrogens (tertiary/aromatic N) is 3. The van der Waals surface area contributed by atoms with Gasteiger partial charge in [0, 0.05) is 25.7 Å². The van der Waals surface area contributed by atoms with Gasteiger partial charge in [-0.3, -0.25) is 4.79 Å². The first kappa shape index (κ1) is 18.3. The number of aromatic nitrogens is 2. The Morgan fingerprint density at radius 1 is 1.27 bits per heavy atom. The maximum atomic E-state index is 12.7. The van der Waals surface area contributed by atoms with Gasteiger partial charge < -0.3 is 10.2 Å². The predicted molar refractivity (Wildman–Crippen MR) is 99.7 cm³/mol. The van der Waals surface area contributed by atoms with Gasteiger partial charge in [0.1, 0.15) is 17.3 Å². The lowest BCUT2D eigenvalue weighted by Crippen LogP contribution is -2.28. The molecule has 1 fully saturated rings. The number of hydrogen-bond acceptors (Lipinski definition) is 6. The maximum absolute atomic E-state index is 12.7. The lowest BCUT2D eigenvalue weighted by Gasteiger charge is -2.18. The van der Waals surface area contributed by atoms with E-state index in [0.717, 1.165) is 5.56 Å². The second-order valence-electron chi connectivity index (χ2n) is 6.58. The average Bonchev–Trinajstić information content (AvgIpc) is 2.93. The number of anilines is 1. The molecular formula is C18H22N4O3S. The smallest absolute Gasteiger partial charge is 0.272 e. The average molecular weight is 374 g/mol. The summed E-state index contributed by atoms with van der Waals surface area (Å²) in [6.45, 7) is 2.19. The summed E-state index contributed by atoms with van der Waals surface area (Å²) in [7, 11) is -1.26. The molecule has 26 heavy (non-hydrogen) atoms. The van der Waals surface area contributed by atoms with Gasteiger partial charge in [0.15, 0.2) is 9.84 Å². The Hall–Kier alpha value is -2.48. The van der Waals surface area contributed by atoms with E-state index in [1.165, 1.54) is 0 Å². The van der Waals surface area contributed by atoms with Gasteiger partial charge in [0.2, 0.25) is 0 Å². The highest BCUT2D eigenvalue weighted by Crippen LogP contribution is 2.17. The summed E-state index contributed by atoms with van der Waals surface area (Å²) < 4.78 is 23.2. The van der Waals surface area contributed by atoms with Crippen molar-refractivity contribution in [2.24, 2.45) is 0 Å². The zero-order chi connectivity index (χ0) is 18.7. The lowest BCUT2D eigenvalue weighted by molar-refractivity contribution is 0.0779. The molecule has 1 aromatic carbocycles. The monoisotopic (exact) mass is 374 g/mol. The van der Waals surface area contributed by atoms with Crippen LogP contribution < -0.4 is 5.32 Å². The van der Waals surface area contributed by atoms with Crippen molar-refractivity contribution in [2.75, 3.05) is 23.9 Å². The molecule has 1 atom stereocenters. The van der Waals surface area contributed by atoms with Crippen molar-refractivity contribution in [3.8, 4) is 0 Å². The summed E-state index contributed by atoms with van der Waals surface area (Å²) in [5.74, 6) is 1.01. The highest BCUT2D eigenvalue weighted by atomic mass is 32.2. The molecule has 0 bridgehead atoms. The minimum atomic E-state index is -2.98. The highest BCUT2D eigenvalue weighted by molar-refractivity contribution is 7.91. The zero-order valence-corrected chi connectivity index (χ0v) is 15.7. The number of carbonyl (C=O) groups excluding carboxylic acids is 1. The van der Waals surface area contributed by atoms with E-state index in [4.69, 9.17) is 0 Å². The molecule has 8 heteroatoms. The van der Waals surface area contributed by atoms with Gasteiger partial charge in [-0.25, -0.2) is 18.4 Å². The van der Waals surface area contributed by atoms with Crippen molar-refractivity contribution in [2.45, 2.75) is 25.9 Å². The summed E-state index contributed by atoms with van der Waals surface area (Å²) in [4.78, 5) is 22.8. The molecule has 1 unspecified atom stereocenters. The van der Waals surface area contributed by atoms with Gasteiger partial charge in [-0.1, -0.05) is 30.3 Å². The Morgan fingerprint density at radius 3 is 2.65 bits per heavy atom. The van der Waals surface area contributed by atoms with E-state index in [1.807, 2.05) is 30.3 Å². The van der Waals surface area contributed by atoms with Crippen molar-refractivity contribution in [3.63, 3.8) is 0 Å². The summed E-state index contributed by atoms with van der Waals surface area (Å²) >= 11 is 0. The topological polar surface area (TPSA) is 92.3 Å². The second-order valence-corrected chi connectivity index (χ2v) is 8.81. The van der Waals surface area contributed by atoms with E-state index >= 15 is 0 Å². The first-order chi connectivity index (χ1) is 12.3. The van der Waals surface area contributed by atoms with Gasteiger partial charge in [-0.15, -0.1) is 0 Å². The van der Waals surface area contributed by atoms with E-state index < -0.39 is 9.84 Å². The van der Waals surface area contributed by atoms with E-state index in [0.29, 0.717) is 30.3 Å². The quantitative estimate of drug-likeness (QED) is 0.856. The highest BCUT2D eigenvalue weighted by Gasteiger charge is 2.28. The van der Waals surface area contributed by atoms with Crippen LogP contribution in [-0.4, -0.2) is 53.8 Å². The number of rotatable bonds is 5. The minimum absolute atomic E-state index is 0.0905. The number of carbonyl (C=O) groups is 1. The minimum Gasteiger partial charge on any atom is -0.366 e. The number of nitrogens with one attached hydrogen (secondary N) is 1. The van der Waals surface area contributed by atoms with E-state index in [1.54, 1.807) is 24.9 Å². The van der Waals surface area contributed by atoms with Crippen LogP contribution in [0.25, 0.3) is 0 Å².